The number of nitrogens with zero attached hydrogens (tertiary/aromatic N) is 4. The van der Waals surface area contributed by atoms with Crippen LogP contribution in [0.4, 0.5) is 5.82 Å². The van der Waals surface area contributed by atoms with Gasteiger partial charge in [-0.2, -0.15) is 4.52 Å². The van der Waals surface area contributed by atoms with Gasteiger partial charge in [-0.1, -0.05) is 6.42 Å². The van der Waals surface area contributed by atoms with Crippen LogP contribution in [0.25, 0.3) is 17.2 Å². The van der Waals surface area contributed by atoms with E-state index in [1.54, 1.807) is 10.6 Å². The molecule has 1 aliphatic rings. The van der Waals surface area contributed by atoms with Crippen LogP contribution in [0.5, 0.6) is 0 Å². The van der Waals surface area contributed by atoms with Gasteiger partial charge in [0.25, 0.3) is 0 Å². The molecule has 7 heteroatoms. The molecule has 1 fully saturated rings. The van der Waals surface area contributed by atoms with E-state index < -0.39 is 0 Å². The Morgan fingerprint density at radius 3 is 2.78 bits per heavy atom. The number of fused-ring (bicyclic) bond motifs is 1. The van der Waals surface area contributed by atoms with Gasteiger partial charge in [0.2, 0.25) is 11.7 Å². The number of aryl methyl sites for hydroxylation is 2. The lowest BCUT2D eigenvalue weighted by molar-refractivity contribution is -0.122. The first-order chi connectivity index (χ1) is 11.1. The summed E-state index contributed by atoms with van der Waals surface area (Å²) in [5.74, 6) is 3.14. The molecular weight excluding hydrogens is 294 g/mol. The van der Waals surface area contributed by atoms with Gasteiger partial charge in [0.05, 0.1) is 0 Å². The normalized spacial score (nSPS) is 14.9. The van der Waals surface area contributed by atoms with E-state index in [-0.39, 0.29) is 11.8 Å². The molecule has 0 aromatic carbocycles. The van der Waals surface area contributed by atoms with Gasteiger partial charge in [-0.15, -0.1) is 5.10 Å². The van der Waals surface area contributed by atoms with E-state index >= 15 is 0 Å². The molecule has 7 nitrogen and oxygen atoms in total. The highest BCUT2D eigenvalue weighted by molar-refractivity contribution is 5.92. The quantitative estimate of drug-likeness (QED) is 0.804. The summed E-state index contributed by atoms with van der Waals surface area (Å²) in [5, 5.41) is 7.24. The Labute approximate surface area is 132 Å². The van der Waals surface area contributed by atoms with E-state index in [9.17, 15) is 4.79 Å². The van der Waals surface area contributed by atoms with Gasteiger partial charge in [-0.05, 0) is 38.8 Å². The SMILES string of the molecule is Cc1nc2cc(NC(=O)C3CCC3)nc(-c3ccc(C)o3)n2n1. The zero-order valence-corrected chi connectivity index (χ0v) is 13.0. The van der Waals surface area contributed by atoms with Crippen LogP contribution in [0.3, 0.4) is 0 Å². The van der Waals surface area contributed by atoms with E-state index in [2.05, 4.69) is 20.4 Å². The number of carbonyl (C=O) groups excluding carboxylic acids is 1. The summed E-state index contributed by atoms with van der Waals surface area (Å²) in [5.41, 5.74) is 0.630. The molecule has 1 saturated carbocycles. The number of aromatic nitrogens is 4. The monoisotopic (exact) mass is 311 g/mol. The molecule has 1 N–H and O–H groups in total. The van der Waals surface area contributed by atoms with E-state index in [1.807, 2.05) is 26.0 Å². The second-order valence-corrected chi connectivity index (χ2v) is 5.92. The van der Waals surface area contributed by atoms with Crippen LogP contribution in [0.15, 0.2) is 22.6 Å². The first kappa shape index (κ1) is 13.9. The van der Waals surface area contributed by atoms with Crippen molar-refractivity contribution in [3.63, 3.8) is 0 Å². The summed E-state index contributed by atoms with van der Waals surface area (Å²) >= 11 is 0. The van der Waals surface area contributed by atoms with Crippen molar-refractivity contribution in [2.75, 3.05) is 5.32 Å². The highest BCUT2D eigenvalue weighted by Gasteiger charge is 2.26. The maximum absolute atomic E-state index is 12.2. The summed E-state index contributed by atoms with van der Waals surface area (Å²) in [6, 6.07) is 5.44. The lowest BCUT2D eigenvalue weighted by atomic mass is 9.85. The van der Waals surface area contributed by atoms with Crippen molar-refractivity contribution in [2.24, 2.45) is 5.92 Å². The molecule has 3 heterocycles. The van der Waals surface area contributed by atoms with Gasteiger partial charge in [-0.3, -0.25) is 4.79 Å². The highest BCUT2D eigenvalue weighted by atomic mass is 16.3. The molecule has 4 rings (SSSR count). The van der Waals surface area contributed by atoms with Crippen molar-refractivity contribution in [3.8, 4) is 11.6 Å². The molecule has 3 aromatic heterocycles. The van der Waals surface area contributed by atoms with Gasteiger partial charge in [-0.25, -0.2) is 9.97 Å². The van der Waals surface area contributed by atoms with Crippen molar-refractivity contribution in [3.05, 3.63) is 29.8 Å². The number of furan rings is 1. The minimum absolute atomic E-state index is 0.0194. The smallest absolute Gasteiger partial charge is 0.228 e. The van der Waals surface area contributed by atoms with Crippen LogP contribution in [0.1, 0.15) is 30.8 Å². The number of hydrogen-bond donors (Lipinski definition) is 1. The van der Waals surface area contributed by atoms with Gasteiger partial charge in [0.1, 0.15) is 17.4 Å². The standard InChI is InChI=1S/C16H17N5O2/c1-9-6-7-12(23-9)15-18-13(19-16(22)11-4-3-5-11)8-14-17-10(2)20-21(14)15/h6-8,11H,3-5H2,1-2H3,(H,19,22). The first-order valence-corrected chi connectivity index (χ1v) is 7.72. The molecular formula is C16H17N5O2. The summed E-state index contributed by atoms with van der Waals surface area (Å²) in [7, 11) is 0. The fraction of sp³-hybridized carbons (Fsp3) is 0.375. The van der Waals surface area contributed by atoms with Gasteiger partial charge >= 0.3 is 0 Å². The molecule has 0 spiro atoms. The molecule has 1 amide bonds. The van der Waals surface area contributed by atoms with Gasteiger partial charge in [0, 0.05) is 12.0 Å². The molecule has 0 unspecified atom stereocenters. The Hall–Kier alpha value is -2.70. The number of nitrogens with one attached hydrogen (secondary N) is 1. The number of amides is 1. The summed E-state index contributed by atoms with van der Waals surface area (Å²) < 4.78 is 7.29. The van der Waals surface area contributed by atoms with Crippen LogP contribution < -0.4 is 5.32 Å². The minimum atomic E-state index is 0.0194. The Balaban J connectivity index is 1.78. The minimum Gasteiger partial charge on any atom is -0.458 e. The summed E-state index contributed by atoms with van der Waals surface area (Å²) in [6.45, 7) is 3.69. The third kappa shape index (κ3) is 2.48. The molecule has 0 bridgehead atoms. The average molecular weight is 311 g/mol. The van der Waals surface area contributed by atoms with Crippen molar-refractivity contribution in [1.82, 2.24) is 19.6 Å². The van der Waals surface area contributed by atoms with E-state index in [0.29, 0.717) is 28.9 Å². The van der Waals surface area contributed by atoms with Crippen molar-refractivity contribution >= 4 is 17.4 Å². The molecule has 1 aliphatic carbocycles. The van der Waals surface area contributed by atoms with Crippen LogP contribution in [0, 0.1) is 19.8 Å². The maximum atomic E-state index is 12.2. The molecule has 118 valence electrons. The fourth-order valence-corrected chi connectivity index (χ4v) is 2.67. The van der Waals surface area contributed by atoms with Crippen LogP contribution in [-0.4, -0.2) is 25.5 Å². The van der Waals surface area contributed by atoms with Crippen LogP contribution in [0.2, 0.25) is 0 Å². The predicted octanol–water partition coefficient (Wildman–Crippen LogP) is 2.74. The predicted molar refractivity (Wildman–Crippen MR) is 83.9 cm³/mol. The van der Waals surface area contributed by atoms with Crippen LogP contribution in [-0.2, 0) is 4.79 Å². The van der Waals surface area contributed by atoms with Crippen molar-refractivity contribution < 1.29 is 9.21 Å². The van der Waals surface area contributed by atoms with E-state index in [0.717, 1.165) is 25.0 Å². The Morgan fingerprint density at radius 1 is 1.30 bits per heavy atom. The topological polar surface area (TPSA) is 85.3 Å². The Bertz CT molecular complexity index is 891. The number of hydrogen-bond acceptors (Lipinski definition) is 5. The largest absolute Gasteiger partial charge is 0.458 e. The summed E-state index contributed by atoms with van der Waals surface area (Å²) in [6.07, 6.45) is 3.01. The molecule has 23 heavy (non-hydrogen) atoms. The van der Waals surface area contributed by atoms with E-state index in [1.165, 1.54) is 0 Å². The zero-order chi connectivity index (χ0) is 16.0. The van der Waals surface area contributed by atoms with Crippen molar-refractivity contribution in [2.45, 2.75) is 33.1 Å². The maximum Gasteiger partial charge on any atom is 0.228 e. The van der Waals surface area contributed by atoms with Gasteiger partial charge in [0.15, 0.2) is 11.4 Å². The van der Waals surface area contributed by atoms with E-state index in [4.69, 9.17) is 4.42 Å². The zero-order valence-electron chi connectivity index (χ0n) is 13.0. The second-order valence-electron chi connectivity index (χ2n) is 5.92. The molecule has 3 aromatic rings. The number of anilines is 1. The average Bonchev–Trinajstić information content (AvgIpc) is 3.00. The third-order valence-electron chi connectivity index (χ3n) is 4.12. The molecule has 0 radical (unpaired) electrons. The third-order valence-corrected chi connectivity index (χ3v) is 4.12. The molecule has 0 aliphatic heterocycles. The number of rotatable bonds is 3. The molecule has 0 saturated heterocycles. The van der Waals surface area contributed by atoms with Crippen molar-refractivity contribution in [1.29, 1.82) is 0 Å². The molecule has 0 atom stereocenters. The lowest BCUT2D eigenvalue weighted by Crippen LogP contribution is -2.28. The Kier molecular flexibility index (Phi) is 3.14. The lowest BCUT2D eigenvalue weighted by Gasteiger charge is -2.23. The second kappa shape index (κ2) is 5.19. The Morgan fingerprint density at radius 2 is 2.13 bits per heavy atom. The van der Waals surface area contributed by atoms with Gasteiger partial charge < -0.3 is 9.73 Å². The summed E-state index contributed by atoms with van der Waals surface area (Å²) in [4.78, 5) is 21.1. The first-order valence-electron chi connectivity index (χ1n) is 7.72. The van der Waals surface area contributed by atoms with Crippen LogP contribution >= 0.6 is 0 Å². The fourth-order valence-electron chi connectivity index (χ4n) is 2.67. The highest BCUT2D eigenvalue weighted by Crippen LogP contribution is 2.28. The number of carbonyl (C=O) groups is 1.